The van der Waals surface area contributed by atoms with Gasteiger partial charge in [0.2, 0.25) is 0 Å². The molecule has 0 spiro atoms. The molecule has 1 aromatic heterocycles. The van der Waals surface area contributed by atoms with Crippen LogP contribution >= 0.6 is 0 Å². The third-order valence-electron chi connectivity index (χ3n) is 10.0. The Balaban J connectivity index is 1.11. The molecule has 8 aromatic carbocycles. The van der Waals surface area contributed by atoms with Gasteiger partial charge < -0.3 is 4.42 Å². The van der Waals surface area contributed by atoms with Crippen LogP contribution in [0.1, 0.15) is 30.0 Å². The van der Waals surface area contributed by atoms with E-state index in [0.29, 0.717) is 6.42 Å². The van der Waals surface area contributed by atoms with Gasteiger partial charge in [-0.15, -0.1) is 0 Å². The van der Waals surface area contributed by atoms with Crippen LogP contribution in [0.2, 0.25) is 0 Å². The Kier molecular flexibility index (Phi) is 7.63. The van der Waals surface area contributed by atoms with Crippen LogP contribution in [-0.4, -0.2) is 5.71 Å². The molecular formula is C49H35NO. The van der Waals surface area contributed by atoms with Crippen LogP contribution in [0.3, 0.4) is 0 Å². The zero-order chi connectivity index (χ0) is 34.3. The molecule has 1 heterocycles. The van der Waals surface area contributed by atoms with E-state index in [9.17, 15) is 0 Å². The summed E-state index contributed by atoms with van der Waals surface area (Å²) in [5.74, 6) is 0. The summed E-state index contributed by atoms with van der Waals surface area (Å²) in [6.45, 7) is 6.43. The van der Waals surface area contributed by atoms with Crippen LogP contribution in [0.4, 0.5) is 0 Å². The van der Waals surface area contributed by atoms with Crippen molar-refractivity contribution in [3.05, 3.63) is 193 Å². The maximum atomic E-state index is 6.35. The molecule has 242 valence electrons. The van der Waals surface area contributed by atoms with Gasteiger partial charge in [-0.25, -0.2) is 0 Å². The van der Waals surface area contributed by atoms with Crippen LogP contribution < -0.4 is 0 Å². The number of furan rings is 1. The summed E-state index contributed by atoms with van der Waals surface area (Å²) in [7, 11) is 0. The zero-order valence-corrected chi connectivity index (χ0v) is 28.4. The van der Waals surface area contributed by atoms with Gasteiger partial charge in [0.05, 0.1) is 5.70 Å². The lowest BCUT2D eigenvalue weighted by Gasteiger charge is -2.12. The monoisotopic (exact) mass is 653 g/mol. The quantitative estimate of drug-likeness (QED) is 0.124. The van der Waals surface area contributed by atoms with Crippen molar-refractivity contribution >= 4 is 71.2 Å². The van der Waals surface area contributed by atoms with E-state index in [4.69, 9.17) is 9.41 Å². The molecule has 9 aromatic rings. The van der Waals surface area contributed by atoms with E-state index in [0.717, 1.165) is 61.2 Å². The minimum absolute atomic E-state index is 0.708. The molecule has 0 saturated heterocycles. The average molecular weight is 654 g/mol. The van der Waals surface area contributed by atoms with Crippen LogP contribution in [0.5, 0.6) is 0 Å². The van der Waals surface area contributed by atoms with E-state index in [1.807, 2.05) is 12.1 Å². The average Bonchev–Trinajstić information content (AvgIpc) is 3.57. The number of aliphatic imine (C=N–C) groups is 1. The first-order valence-corrected chi connectivity index (χ1v) is 17.4. The Morgan fingerprint density at radius 2 is 0.980 bits per heavy atom. The van der Waals surface area contributed by atoms with E-state index < -0.39 is 0 Å². The second-order valence-corrected chi connectivity index (χ2v) is 13.2. The van der Waals surface area contributed by atoms with E-state index in [1.54, 1.807) is 0 Å². The molecule has 0 N–H and O–H groups in total. The van der Waals surface area contributed by atoms with E-state index >= 15 is 0 Å². The Labute approximate surface area is 297 Å². The van der Waals surface area contributed by atoms with Gasteiger partial charge in [0.1, 0.15) is 11.2 Å². The van der Waals surface area contributed by atoms with E-state index in [1.165, 1.54) is 37.9 Å². The normalized spacial score (nSPS) is 12.4. The molecule has 0 radical (unpaired) electrons. The predicted octanol–water partition coefficient (Wildman–Crippen LogP) is 13.7. The molecule has 0 aliphatic heterocycles. The van der Waals surface area contributed by atoms with Crippen LogP contribution in [-0.2, 0) is 0 Å². The summed E-state index contributed by atoms with van der Waals surface area (Å²) >= 11 is 0. The third-order valence-corrected chi connectivity index (χ3v) is 10.0. The fraction of sp³-hybridized carbons (Fsp3) is 0.0408. The lowest BCUT2D eigenvalue weighted by Crippen LogP contribution is -1.96. The molecule has 0 aliphatic carbocycles. The number of fused-ring (bicyclic) bond motifs is 9. The molecule has 0 bridgehead atoms. The number of hydrogen-bond acceptors (Lipinski definition) is 2. The third kappa shape index (κ3) is 5.61. The van der Waals surface area contributed by atoms with Crippen molar-refractivity contribution in [1.82, 2.24) is 0 Å². The first-order valence-electron chi connectivity index (χ1n) is 17.4. The molecule has 2 nitrogen and oxygen atoms in total. The highest BCUT2D eigenvalue weighted by Crippen LogP contribution is 2.39. The van der Waals surface area contributed by atoms with Gasteiger partial charge in [0.25, 0.3) is 0 Å². The van der Waals surface area contributed by atoms with Gasteiger partial charge in [-0.05, 0) is 115 Å². The molecule has 0 atom stereocenters. The van der Waals surface area contributed by atoms with Gasteiger partial charge in [-0.3, -0.25) is 4.99 Å². The van der Waals surface area contributed by atoms with Gasteiger partial charge >= 0.3 is 0 Å². The molecule has 51 heavy (non-hydrogen) atoms. The fourth-order valence-corrected chi connectivity index (χ4v) is 7.36. The standard InChI is InChI=1S/C49H35NO/c1-32(34-13-5-3-6-14-34)21-26-47(35-15-7-4-8-16-35)50-33(2)36-23-27-48-45(29-36)46-31-38(24-28-49(46)51-48)37-22-25-43-41-19-10-9-17-39(41)40-18-11-12-20-42(40)44(43)30-37/h3-20,22-31H,1,21H2,2H3/b47-26+,50-33?. The van der Waals surface area contributed by atoms with Gasteiger partial charge in [0.15, 0.2) is 0 Å². The number of rotatable bonds is 7. The fourth-order valence-electron chi connectivity index (χ4n) is 7.36. The molecular weight excluding hydrogens is 619 g/mol. The summed E-state index contributed by atoms with van der Waals surface area (Å²) in [4.78, 5) is 5.20. The van der Waals surface area contributed by atoms with Crippen molar-refractivity contribution < 1.29 is 4.42 Å². The molecule has 2 heteroatoms. The second-order valence-electron chi connectivity index (χ2n) is 13.2. The summed E-state index contributed by atoms with van der Waals surface area (Å²) in [5.41, 5.74) is 10.3. The smallest absolute Gasteiger partial charge is 0.135 e. The number of allylic oxidation sites excluding steroid dienone is 2. The molecule has 0 fully saturated rings. The number of nitrogens with zero attached hydrogens (tertiary/aromatic N) is 1. The lowest BCUT2D eigenvalue weighted by atomic mass is 9.92. The summed E-state index contributed by atoms with van der Waals surface area (Å²) < 4.78 is 6.35. The number of hydrogen-bond donors (Lipinski definition) is 0. The molecule has 0 amide bonds. The first kappa shape index (κ1) is 30.5. The molecule has 0 aliphatic rings. The van der Waals surface area contributed by atoms with Crippen molar-refractivity contribution in [3.63, 3.8) is 0 Å². The summed E-state index contributed by atoms with van der Waals surface area (Å²) in [5, 5.41) is 9.85. The Morgan fingerprint density at radius 3 is 1.63 bits per heavy atom. The topological polar surface area (TPSA) is 25.5 Å². The summed E-state index contributed by atoms with van der Waals surface area (Å²) in [6, 6.07) is 58.0. The van der Waals surface area contributed by atoms with E-state index in [2.05, 4.69) is 171 Å². The maximum absolute atomic E-state index is 6.35. The Bertz CT molecular complexity index is 2800. The van der Waals surface area contributed by atoms with Crippen molar-refractivity contribution in [2.24, 2.45) is 4.99 Å². The minimum Gasteiger partial charge on any atom is -0.456 e. The Hall–Kier alpha value is -6.51. The van der Waals surface area contributed by atoms with Gasteiger partial charge in [0, 0.05) is 16.5 Å². The molecule has 9 rings (SSSR count). The van der Waals surface area contributed by atoms with Gasteiger partial charge in [-0.2, -0.15) is 0 Å². The van der Waals surface area contributed by atoms with E-state index in [-0.39, 0.29) is 0 Å². The predicted molar refractivity (Wildman–Crippen MR) is 218 cm³/mol. The zero-order valence-electron chi connectivity index (χ0n) is 28.4. The lowest BCUT2D eigenvalue weighted by molar-refractivity contribution is 0.669. The SMILES string of the molecule is C=C(C/C=C(/N=C(C)c1ccc2oc3ccc(-c4ccc5c6ccccc6c6ccccc6c5c4)cc3c2c1)c1ccccc1)c1ccccc1. The van der Waals surface area contributed by atoms with Crippen molar-refractivity contribution in [1.29, 1.82) is 0 Å². The van der Waals surface area contributed by atoms with Crippen molar-refractivity contribution in [3.8, 4) is 11.1 Å². The first-order chi connectivity index (χ1) is 25.1. The number of benzene rings is 8. The molecule has 0 unspecified atom stereocenters. The van der Waals surface area contributed by atoms with Crippen LogP contribution in [0.25, 0.3) is 76.7 Å². The highest BCUT2D eigenvalue weighted by molar-refractivity contribution is 6.25. The van der Waals surface area contributed by atoms with Gasteiger partial charge in [-0.1, -0.05) is 140 Å². The highest BCUT2D eigenvalue weighted by Gasteiger charge is 2.13. The highest BCUT2D eigenvalue weighted by atomic mass is 16.3. The largest absolute Gasteiger partial charge is 0.456 e. The Morgan fingerprint density at radius 1 is 0.490 bits per heavy atom. The summed E-state index contributed by atoms with van der Waals surface area (Å²) in [6.07, 6.45) is 2.89. The minimum atomic E-state index is 0.708. The molecule has 0 saturated carbocycles. The maximum Gasteiger partial charge on any atom is 0.135 e. The second kappa shape index (κ2) is 12.7. The van der Waals surface area contributed by atoms with Crippen molar-refractivity contribution in [2.75, 3.05) is 0 Å². The van der Waals surface area contributed by atoms with Crippen LogP contribution in [0.15, 0.2) is 186 Å². The van der Waals surface area contributed by atoms with Crippen LogP contribution in [0, 0.1) is 0 Å². The van der Waals surface area contributed by atoms with Crippen molar-refractivity contribution in [2.45, 2.75) is 13.3 Å².